The second kappa shape index (κ2) is 9.95. The molecule has 1 unspecified atom stereocenters. The number of ether oxygens (including phenoxy) is 1. The first-order chi connectivity index (χ1) is 9.59. The fourth-order valence-corrected chi connectivity index (χ4v) is 2.14. The Morgan fingerprint density at radius 3 is 2.20 bits per heavy atom. The molecule has 1 atom stereocenters. The van der Waals surface area contributed by atoms with E-state index in [9.17, 15) is 0 Å². The zero-order valence-corrected chi connectivity index (χ0v) is 13.6. The Kier molecular flexibility index (Phi) is 8.56. The summed E-state index contributed by atoms with van der Waals surface area (Å²) in [7, 11) is 0. The van der Waals surface area contributed by atoms with Gasteiger partial charge >= 0.3 is 0 Å². The Morgan fingerprint density at radius 1 is 0.950 bits per heavy atom. The third-order valence-corrected chi connectivity index (χ3v) is 3.49. The predicted octanol–water partition coefficient (Wildman–Crippen LogP) is 4.22. The molecule has 0 fully saturated rings. The monoisotopic (exact) mass is 277 g/mol. The zero-order chi connectivity index (χ0) is 14.8. The summed E-state index contributed by atoms with van der Waals surface area (Å²) in [6.07, 6.45) is 2.24. The minimum Gasteiger partial charge on any atom is -0.381 e. The van der Waals surface area contributed by atoms with Gasteiger partial charge in [-0.1, -0.05) is 58.0 Å². The van der Waals surface area contributed by atoms with Gasteiger partial charge in [0.25, 0.3) is 0 Å². The van der Waals surface area contributed by atoms with Gasteiger partial charge in [0.1, 0.15) is 0 Å². The van der Waals surface area contributed by atoms with Gasteiger partial charge in [0.2, 0.25) is 0 Å². The topological polar surface area (TPSA) is 21.3 Å². The molecule has 0 saturated carbocycles. The van der Waals surface area contributed by atoms with Gasteiger partial charge < -0.3 is 10.1 Å². The van der Waals surface area contributed by atoms with Crippen LogP contribution in [-0.4, -0.2) is 25.8 Å². The van der Waals surface area contributed by atoms with Crippen LogP contribution < -0.4 is 5.32 Å². The molecule has 0 bridgehead atoms. The van der Waals surface area contributed by atoms with Gasteiger partial charge in [0, 0.05) is 25.8 Å². The van der Waals surface area contributed by atoms with E-state index in [1.807, 2.05) is 0 Å². The highest BCUT2D eigenvalue weighted by Crippen LogP contribution is 2.19. The largest absolute Gasteiger partial charge is 0.381 e. The molecule has 1 aromatic carbocycles. The lowest BCUT2D eigenvalue weighted by Gasteiger charge is -2.20. The van der Waals surface area contributed by atoms with Gasteiger partial charge in [-0.05, 0) is 30.2 Å². The molecule has 114 valence electrons. The van der Waals surface area contributed by atoms with Crippen LogP contribution in [0.5, 0.6) is 0 Å². The van der Waals surface area contributed by atoms with Crippen LogP contribution in [0.4, 0.5) is 0 Å². The highest BCUT2D eigenvalue weighted by molar-refractivity contribution is 5.19. The summed E-state index contributed by atoms with van der Waals surface area (Å²) in [5.74, 6) is 1.26. The van der Waals surface area contributed by atoms with Crippen LogP contribution in [0.25, 0.3) is 0 Å². The average Bonchev–Trinajstić information content (AvgIpc) is 2.42. The lowest BCUT2D eigenvalue weighted by molar-refractivity contribution is 0.116. The van der Waals surface area contributed by atoms with Crippen LogP contribution >= 0.6 is 0 Å². The van der Waals surface area contributed by atoms with Gasteiger partial charge in [0.05, 0.1) is 0 Å². The Bertz CT molecular complexity index is 335. The number of hydrogen-bond donors (Lipinski definition) is 1. The van der Waals surface area contributed by atoms with E-state index in [4.69, 9.17) is 4.74 Å². The minimum atomic E-state index is 0.531. The summed E-state index contributed by atoms with van der Waals surface area (Å²) in [5.41, 5.74) is 1.41. The van der Waals surface area contributed by atoms with Crippen molar-refractivity contribution in [1.82, 2.24) is 5.32 Å². The van der Waals surface area contributed by atoms with Gasteiger partial charge in [0.15, 0.2) is 0 Å². The Balaban J connectivity index is 2.39. The number of benzene rings is 1. The second-order valence-corrected chi connectivity index (χ2v) is 6.25. The standard InChI is InChI=1S/C18H31NO/c1-15(2)10-12-20-13-11-18(14-19-16(3)4)17-8-6-5-7-9-17/h5-9,15-16,18-19H,10-14H2,1-4H3. The zero-order valence-electron chi connectivity index (χ0n) is 13.6. The quantitative estimate of drug-likeness (QED) is 0.646. The fourth-order valence-electron chi connectivity index (χ4n) is 2.14. The van der Waals surface area contributed by atoms with Crippen LogP contribution in [0, 0.1) is 5.92 Å². The van der Waals surface area contributed by atoms with E-state index in [0.29, 0.717) is 12.0 Å². The molecule has 1 N–H and O–H groups in total. The Morgan fingerprint density at radius 2 is 1.60 bits per heavy atom. The fraction of sp³-hybridized carbons (Fsp3) is 0.667. The van der Waals surface area contributed by atoms with Crippen molar-refractivity contribution in [3.05, 3.63) is 35.9 Å². The first-order valence-electron chi connectivity index (χ1n) is 7.95. The Labute approximate surface area is 124 Å². The predicted molar refractivity (Wildman–Crippen MR) is 87.2 cm³/mol. The van der Waals surface area contributed by atoms with Crippen molar-refractivity contribution in [3.8, 4) is 0 Å². The smallest absolute Gasteiger partial charge is 0.0472 e. The van der Waals surface area contributed by atoms with E-state index < -0.39 is 0 Å². The molecule has 1 aromatic rings. The third kappa shape index (κ3) is 7.66. The molecule has 20 heavy (non-hydrogen) atoms. The maximum absolute atomic E-state index is 5.78. The van der Waals surface area contributed by atoms with E-state index in [2.05, 4.69) is 63.3 Å². The van der Waals surface area contributed by atoms with E-state index in [0.717, 1.165) is 38.5 Å². The highest BCUT2D eigenvalue weighted by Gasteiger charge is 2.11. The summed E-state index contributed by atoms with van der Waals surface area (Å²) in [6, 6.07) is 11.3. The molecular weight excluding hydrogens is 246 g/mol. The van der Waals surface area contributed by atoms with Crippen LogP contribution in [-0.2, 0) is 4.74 Å². The summed E-state index contributed by atoms with van der Waals surface area (Å²) in [4.78, 5) is 0. The lowest BCUT2D eigenvalue weighted by Crippen LogP contribution is -2.28. The molecule has 2 heteroatoms. The number of hydrogen-bond acceptors (Lipinski definition) is 2. The van der Waals surface area contributed by atoms with E-state index in [-0.39, 0.29) is 0 Å². The molecule has 2 nitrogen and oxygen atoms in total. The van der Waals surface area contributed by atoms with Crippen molar-refractivity contribution in [1.29, 1.82) is 0 Å². The van der Waals surface area contributed by atoms with Crippen molar-refractivity contribution >= 4 is 0 Å². The minimum absolute atomic E-state index is 0.531. The first-order valence-corrected chi connectivity index (χ1v) is 7.95. The molecule has 0 radical (unpaired) electrons. The van der Waals surface area contributed by atoms with Crippen molar-refractivity contribution < 1.29 is 4.74 Å². The first kappa shape index (κ1) is 17.2. The van der Waals surface area contributed by atoms with Gasteiger partial charge in [-0.15, -0.1) is 0 Å². The molecule has 1 rings (SSSR count). The van der Waals surface area contributed by atoms with Crippen molar-refractivity contribution in [2.24, 2.45) is 5.92 Å². The van der Waals surface area contributed by atoms with Gasteiger partial charge in [-0.3, -0.25) is 0 Å². The van der Waals surface area contributed by atoms with E-state index >= 15 is 0 Å². The molecule has 0 aromatic heterocycles. The highest BCUT2D eigenvalue weighted by atomic mass is 16.5. The molecule has 0 saturated heterocycles. The summed E-state index contributed by atoms with van der Waals surface area (Å²) in [5, 5.41) is 3.55. The molecule has 0 spiro atoms. The maximum atomic E-state index is 5.78. The summed E-state index contributed by atoms with van der Waals surface area (Å²) >= 11 is 0. The normalized spacial score (nSPS) is 13.1. The second-order valence-electron chi connectivity index (χ2n) is 6.25. The maximum Gasteiger partial charge on any atom is 0.0472 e. The van der Waals surface area contributed by atoms with E-state index in [1.165, 1.54) is 5.56 Å². The van der Waals surface area contributed by atoms with Crippen molar-refractivity contribution in [3.63, 3.8) is 0 Å². The SMILES string of the molecule is CC(C)CCOCCC(CNC(C)C)c1ccccc1. The molecular formula is C18H31NO. The van der Waals surface area contributed by atoms with Crippen LogP contribution in [0.3, 0.4) is 0 Å². The van der Waals surface area contributed by atoms with Crippen LogP contribution in [0.15, 0.2) is 30.3 Å². The van der Waals surface area contributed by atoms with E-state index in [1.54, 1.807) is 0 Å². The van der Waals surface area contributed by atoms with Gasteiger partial charge in [-0.25, -0.2) is 0 Å². The molecule has 0 heterocycles. The number of nitrogens with one attached hydrogen (secondary N) is 1. The molecule has 0 aliphatic rings. The molecule has 0 amide bonds. The molecule has 0 aliphatic heterocycles. The summed E-state index contributed by atoms with van der Waals surface area (Å²) < 4.78 is 5.78. The lowest BCUT2D eigenvalue weighted by atomic mass is 9.96. The average molecular weight is 277 g/mol. The van der Waals surface area contributed by atoms with Crippen molar-refractivity contribution in [2.75, 3.05) is 19.8 Å². The van der Waals surface area contributed by atoms with Crippen LogP contribution in [0.1, 0.15) is 52.0 Å². The summed E-state index contributed by atoms with van der Waals surface area (Å²) in [6.45, 7) is 11.6. The third-order valence-electron chi connectivity index (χ3n) is 3.49. The number of rotatable bonds is 10. The van der Waals surface area contributed by atoms with Crippen LogP contribution in [0.2, 0.25) is 0 Å². The Hall–Kier alpha value is -0.860. The van der Waals surface area contributed by atoms with Gasteiger partial charge in [-0.2, -0.15) is 0 Å². The molecule has 0 aliphatic carbocycles. The van der Waals surface area contributed by atoms with Crippen molar-refractivity contribution in [2.45, 2.75) is 52.5 Å².